The molecule has 1 aromatic carbocycles. The number of halogens is 3. The maximum atomic E-state index is 12.6. The van der Waals surface area contributed by atoms with E-state index in [0.29, 0.717) is 42.9 Å². The molecule has 3 aromatic heterocycles. The van der Waals surface area contributed by atoms with Crippen LogP contribution in [0.25, 0.3) is 28.2 Å². The topological polar surface area (TPSA) is 76.5 Å². The summed E-state index contributed by atoms with van der Waals surface area (Å²) >= 11 is 15.7. The second-order valence-electron chi connectivity index (χ2n) is 5.61. The van der Waals surface area contributed by atoms with Crippen molar-refractivity contribution in [3.05, 3.63) is 67.1 Å². The second kappa shape index (κ2) is 6.50. The fraction of sp³-hybridized carbons (Fsp3) is 0.0588. The molecule has 0 bridgehead atoms. The number of hydrogen-bond acceptors (Lipinski definition) is 4. The average Bonchev–Trinajstić information content (AvgIpc) is 2.97. The standard InChI is InChI=1S/C17H10BrCl2N5O/c1-8-5-9(19)6-10-14(8)22-15(23-17(10)26)12-7-13(18)24-25(12)16-11(20)3-2-4-21-16/h2-7H,1H3,(H,22,23,26). The van der Waals surface area contributed by atoms with Crippen molar-refractivity contribution < 1.29 is 0 Å². The molecule has 3 heterocycles. The molecular formula is C17H10BrCl2N5O. The molecule has 0 saturated heterocycles. The van der Waals surface area contributed by atoms with E-state index in [0.717, 1.165) is 5.56 Å². The minimum atomic E-state index is -0.286. The molecular weight excluding hydrogens is 441 g/mol. The Hall–Kier alpha value is -2.22. The van der Waals surface area contributed by atoms with E-state index < -0.39 is 0 Å². The molecule has 0 saturated carbocycles. The van der Waals surface area contributed by atoms with E-state index >= 15 is 0 Å². The summed E-state index contributed by atoms with van der Waals surface area (Å²) in [5.74, 6) is 0.790. The quantitative estimate of drug-likeness (QED) is 0.486. The van der Waals surface area contributed by atoms with E-state index in [9.17, 15) is 4.79 Å². The first-order valence-corrected chi connectivity index (χ1v) is 9.06. The second-order valence-corrected chi connectivity index (χ2v) is 7.26. The third kappa shape index (κ3) is 2.92. The lowest BCUT2D eigenvalue weighted by molar-refractivity contribution is 0.838. The smallest absolute Gasteiger partial charge is 0.259 e. The number of pyridine rings is 1. The van der Waals surface area contributed by atoms with Gasteiger partial charge in [0.2, 0.25) is 0 Å². The van der Waals surface area contributed by atoms with Gasteiger partial charge < -0.3 is 4.98 Å². The minimum Gasteiger partial charge on any atom is -0.305 e. The predicted octanol–water partition coefficient (Wildman–Crippen LogP) is 4.55. The Morgan fingerprint density at radius 1 is 1.23 bits per heavy atom. The highest BCUT2D eigenvalue weighted by Crippen LogP contribution is 2.27. The molecule has 6 nitrogen and oxygen atoms in total. The first-order chi connectivity index (χ1) is 12.4. The van der Waals surface area contributed by atoms with Crippen LogP contribution in [0.5, 0.6) is 0 Å². The van der Waals surface area contributed by atoms with Crippen LogP contribution in [-0.4, -0.2) is 24.7 Å². The summed E-state index contributed by atoms with van der Waals surface area (Å²) in [5, 5.41) is 5.71. The van der Waals surface area contributed by atoms with E-state index in [-0.39, 0.29) is 5.56 Å². The Balaban J connectivity index is 2.01. The largest absolute Gasteiger partial charge is 0.305 e. The van der Waals surface area contributed by atoms with Crippen molar-refractivity contribution in [3.63, 3.8) is 0 Å². The highest BCUT2D eigenvalue weighted by Gasteiger charge is 2.17. The maximum Gasteiger partial charge on any atom is 0.259 e. The van der Waals surface area contributed by atoms with Crippen LogP contribution in [0.15, 0.2) is 45.9 Å². The third-order valence-corrected chi connectivity index (χ3v) is 4.73. The fourth-order valence-corrected chi connectivity index (χ4v) is 3.56. The lowest BCUT2D eigenvalue weighted by atomic mass is 10.1. The van der Waals surface area contributed by atoms with Crippen molar-refractivity contribution in [2.24, 2.45) is 0 Å². The molecule has 0 spiro atoms. The predicted molar refractivity (Wildman–Crippen MR) is 105 cm³/mol. The normalized spacial score (nSPS) is 11.2. The number of aryl methyl sites for hydroxylation is 1. The zero-order chi connectivity index (χ0) is 18.4. The molecule has 0 fully saturated rings. The number of H-pyrrole nitrogens is 1. The van der Waals surface area contributed by atoms with Crippen molar-refractivity contribution in [1.82, 2.24) is 24.7 Å². The molecule has 9 heteroatoms. The summed E-state index contributed by atoms with van der Waals surface area (Å²) in [7, 11) is 0. The number of fused-ring (bicyclic) bond motifs is 1. The molecule has 130 valence electrons. The Kier molecular flexibility index (Phi) is 4.30. The van der Waals surface area contributed by atoms with Gasteiger partial charge in [0.15, 0.2) is 11.6 Å². The van der Waals surface area contributed by atoms with Crippen LogP contribution in [0.1, 0.15) is 5.56 Å². The molecule has 0 radical (unpaired) electrons. The van der Waals surface area contributed by atoms with E-state index in [1.54, 1.807) is 36.5 Å². The van der Waals surface area contributed by atoms with Crippen LogP contribution in [0.3, 0.4) is 0 Å². The highest BCUT2D eigenvalue weighted by molar-refractivity contribution is 9.10. The van der Waals surface area contributed by atoms with Crippen LogP contribution in [0, 0.1) is 6.92 Å². The van der Waals surface area contributed by atoms with Gasteiger partial charge in [-0.15, -0.1) is 0 Å². The van der Waals surface area contributed by atoms with Gasteiger partial charge in [-0.1, -0.05) is 23.2 Å². The lowest BCUT2D eigenvalue weighted by Gasteiger charge is -2.09. The van der Waals surface area contributed by atoms with Gasteiger partial charge in [-0.05, 0) is 52.7 Å². The third-order valence-electron chi connectivity index (χ3n) is 3.83. The molecule has 4 aromatic rings. The van der Waals surface area contributed by atoms with Crippen molar-refractivity contribution in [1.29, 1.82) is 0 Å². The molecule has 4 rings (SSSR count). The SMILES string of the molecule is Cc1cc(Cl)cc2c(=O)[nH]c(-c3cc(Br)nn3-c3ncccc3Cl)nc12. The number of rotatable bonds is 2. The van der Waals surface area contributed by atoms with Gasteiger partial charge in [-0.2, -0.15) is 5.10 Å². The Morgan fingerprint density at radius 2 is 2.04 bits per heavy atom. The zero-order valence-electron chi connectivity index (χ0n) is 13.3. The first-order valence-electron chi connectivity index (χ1n) is 7.51. The van der Waals surface area contributed by atoms with Gasteiger partial charge in [0, 0.05) is 17.3 Å². The van der Waals surface area contributed by atoms with Gasteiger partial charge in [0.05, 0.1) is 15.9 Å². The number of nitrogens with zero attached hydrogens (tertiary/aromatic N) is 4. The van der Waals surface area contributed by atoms with Crippen LogP contribution < -0.4 is 5.56 Å². The summed E-state index contributed by atoms with van der Waals surface area (Å²) in [4.78, 5) is 24.2. The van der Waals surface area contributed by atoms with E-state index in [4.69, 9.17) is 23.2 Å². The number of nitrogens with one attached hydrogen (secondary N) is 1. The molecule has 0 atom stereocenters. The van der Waals surface area contributed by atoms with Crippen molar-refractivity contribution in [3.8, 4) is 17.3 Å². The monoisotopic (exact) mass is 449 g/mol. The lowest BCUT2D eigenvalue weighted by Crippen LogP contribution is -2.12. The molecule has 0 aliphatic carbocycles. The fourth-order valence-electron chi connectivity index (χ4n) is 2.71. The van der Waals surface area contributed by atoms with Gasteiger partial charge in [0.25, 0.3) is 5.56 Å². The van der Waals surface area contributed by atoms with E-state index in [1.165, 1.54) is 4.68 Å². The van der Waals surface area contributed by atoms with E-state index in [1.807, 2.05) is 6.92 Å². The van der Waals surface area contributed by atoms with Gasteiger partial charge in [-0.3, -0.25) is 4.79 Å². The number of aromatic amines is 1. The van der Waals surface area contributed by atoms with Gasteiger partial charge in [-0.25, -0.2) is 14.6 Å². The van der Waals surface area contributed by atoms with Crippen LogP contribution >= 0.6 is 39.1 Å². The summed E-state index contributed by atoms with van der Waals surface area (Å²) in [6.45, 7) is 1.85. The molecule has 26 heavy (non-hydrogen) atoms. The van der Waals surface area contributed by atoms with Crippen LogP contribution in [0.2, 0.25) is 10.0 Å². The van der Waals surface area contributed by atoms with Gasteiger partial charge >= 0.3 is 0 Å². The Labute approximate surface area is 165 Å². The molecule has 0 unspecified atom stereocenters. The van der Waals surface area contributed by atoms with Crippen molar-refractivity contribution in [2.45, 2.75) is 6.92 Å². The highest BCUT2D eigenvalue weighted by atomic mass is 79.9. The van der Waals surface area contributed by atoms with E-state index in [2.05, 4.69) is 36.0 Å². The Morgan fingerprint density at radius 3 is 2.81 bits per heavy atom. The Bertz CT molecular complexity index is 1220. The van der Waals surface area contributed by atoms with Gasteiger partial charge in [0.1, 0.15) is 10.3 Å². The number of aromatic nitrogens is 5. The molecule has 0 aliphatic heterocycles. The zero-order valence-corrected chi connectivity index (χ0v) is 16.4. The molecule has 1 N–H and O–H groups in total. The first kappa shape index (κ1) is 17.2. The summed E-state index contributed by atoms with van der Waals surface area (Å²) < 4.78 is 2.09. The van der Waals surface area contributed by atoms with Crippen molar-refractivity contribution in [2.75, 3.05) is 0 Å². The maximum absolute atomic E-state index is 12.6. The van der Waals surface area contributed by atoms with Crippen molar-refractivity contribution >= 4 is 50.0 Å². The number of hydrogen-bond donors (Lipinski definition) is 1. The average molecular weight is 451 g/mol. The molecule has 0 aliphatic rings. The van der Waals surface area contributed by atoms with Crippen LogP contribution in [0.4, 0.5) is 0 Å². The summed E-state index contributed by atoms with van der Waals surface area (Å²) in [6, 6.07) is 8.55. The van der Waals surface area contributed by atoms with Crippen LogP contribution in [-0.2, 0) is 0 Å². The minimum absolute atomic E-state index is 0.286. The summed E-state index contributed by atoms with van der Waals surface area (Å²) in [6.07, 6.45) is 1.61. The molecule has 0 amide bonds. The number of benzene rings is 1. The summed E-state index contributed by atoms with van der Waals surface area (Å²) in [5.41, 5.74) is 1.64.